The van der Waals surface area contributed by atoms with Crippen molar-refractivity contribution in [2.24, 2.45) is 0 Å². The van der Waals surface area contributed by atoms with Gasteiger partial charge in [-0.25, -0.2) is 0 Å². The van der Waals surface area contributed by atoms with E-state index >= 15 is 0 Å². The molecule has 0 aliphatic rings. The lowest BCUT2D eigenvalue weighted by atomic mass is 10.3. The van der Waals surface area contributed by atoms with Crippen LogP contribution in [0, 0.1) is 0 Å². The van der Waals surface area contributed by atoms with Crippen LogP contribution in [0.5, 0.6) is 0 Å². The van der Waals surface area contributed by atoms with Crippen molar-refractivity contribution in [2.45, 2.75) is 19.6 Å². The Morgan fingerprint density at radius 1 is 0.762 bits per heavy atom. The number of hydrogen-bond donors (Lipinski definition) is 0. The van der Waals surface area contributed by atoms with Gasteiger partial charge in [0.1, 0.15) is 0 Å². The van der Waals surface area contributed by atoms with Gasteiger partial charge in [0.15, 0.2) is 6.29 Å². The van der Waals surface area contributed by atoms with E-state index in [1.54, 1.807) is 15.8 Å². The topological polar surface area (TPSA) is 17.1 Å². The van der Waals surface area contributed by atoms with Gasteiger partial charge < -0.3 is 0 Å². The maximum absolute atomic E-state index is 10.8. The summed E-state index contributed by atoms with van der Waals surface area (Å²) in [5.74, 6) is 0. The van der Waals surface area contributed by atoms with E-state index in [9.17, 15) is 4.79 Å². The number of aldehydes is 1. The molecule has 21 heavy (non-hydrogen) atoms. The van der Waals surface area contributed by atoms with Crippen LogP contribution in [0.1, 0.15) is 9.67 Å². The Kier molecular flexibility index (Phi) is 4.01. The van der Waals surface area contributed by atoms with Crippen LogP contribution in [0.3, 0.4) is 0 Å². The lowest BCUT2D eigenvalue weighted by Gasteiger charge is -2.12. The molecule has 3 aromatic heterocycles. The second-order valence-corrected chi connectivity index (χ2v) is 14.6. The molecular weight excluding hydrogens is 332 g/mol. The van der Waals surface area contributed by atoms with Crippen LogP contribution < -0.4 is 4.50 Å². The second-order valence-electron chi connectivity index (χ2n) is 5.90. The van der Waals surface area contributed by atoms with E-state index in [1.807, 2.05) is 34.8 Å². The summed E-state index contributed by atoms with van der Waals surface area (Å²) in [6.07, 6.45) is 0.919. The quantitative estimate of drug-likeness (QED) is 0.445. The number of hydrogen-bond acceptors (Lipinski definition) is 4. The molecule has 108 valence electrons. The van der Waals surface area contributed by atoms with Crippen LogP contribution in [-0.2, 0) is 0 Å². The zero-order chi connectivity index (χ0) is 15.0. The Morgan fingerprint density at radius 2 is 1.29 bits per heavy atom. The molecule has 0 aliphatic carbocycles. The van der Waals surface area contributed by atoms with Crippen molar-refractivity contribution >= 4 is 52.9 Å². The van der Waals surface area contributed by atoms with Gasteiger partial charge in [-0.15, -0.1) is 34.0 Å². The normalized spacial score (nSPS) is 11.8. The van der Waals surface area contributed by atoms with Gasteiger partial charge in [-0.2, -0.15) is 0 Å². The second kappa shape index (κ2) is 5.65. The molecule has 0 spiro atoms. The van der Waals surface area contributed by atoms with Crippen molar-refractivity contribution in [1.29, 1.82) is 0 Å². The van der Waals surface area contributed by atoms with Crippen LogP contribution in [0.25, 0.3) is 19.5 Å². The third kappa shape index (κ3) is 3.11. The zero-order valence-electron chi connectivity index (χ0n) is 12.2. The van der Waals surface area contributed by atoms with Crippen molar-refractivity contribution < 1.29 is 4.79 Å². The summed E-state index contributed by atoms with van der Waals surface area (Å²) in [6, 6.07) is 12.8. The van der Waals surface area contributed by atoms with Gasteiger partial charge in [-0.05, 0) is 34.8 Å². The summed E-state index contributed by atoms with van der Waals surface area (Å²) in [4.78, 5) is 16.7. The van der Waals surface area contributed by atoms with E-state index < -0.39 is 8.07 Å². The van der Waals surface area contributed by atoms with Gasteiger partial charge >= 0.3 is 0 Å². The largest absolute Gasteiger partial charge is 0.297 e. The number of rotatable bonds is 4. The van der Waals surface area contributed by atoms with E-state index in [4.69, 9.17) is 0 Å². The molecule has 0 aliphatic heterocycles. The predicted molar refractivity (Wildman–Crippen MR) is 99.3 cm³/mol. The fourth-order valence-electron chi connectivity index (χ4n) is 2.02. The minimum absolute atomic E-state index is 0.789. The van der Waals surface area contributed by atoms with Gasteiger partial charge in [-0.1, -0.05) is 25.7 Å². The molecule has 0 saturated heterocycles. The smallest absolute Gasteiger partial charge is 0.160 e. The average molecular weight is 349 g/mol. The fraction of sp³-hybridized carbons (Fsp3) is 0.188. The van der Waals surface area contributed by atoms with Gasteiger partial charge in [0.2, 0.25) is 0 Å². The SMILES string of the molecule is C[Si](C)(C)c1ccc(-c2ccc(-c3ccc(C=O)s3)s2)s1. The van der Waals surface area contributed by atoms with Crippen LogP contribution in [0.15, 0.2) is 36.4 Å². The Bertz CT molecular complexity index is 773. The molecule has 0 bridgehead atoms. The van der Waals surface area contributed by atoms with Crippen molar-refractivity contribution in [3.8, 4) is 19.5 Å². The monoisotopic (exact) mass is 348 g/mol. The Morgan fingerprint density at radius 3 is 1.81 bits per heavy atom. The zero-order valence-corrected chi connectivity index (χ0v) is 15.6. The average Bonchev–Trinajstić information content (AvgIpc) is 3.16. The Labute approximate surface area is 137 Å². The van der Waals surface area contributed by atoms with Gasteiger partial charge in [-0.3, -0.25) is 4.79 Å². The summed E-state index contributed by atoms with van der Waals surface area (Å²) in [6.45, 7) is 7.15. The molecule has 0 atom stereocenters. The highest BCUT2D eigenvalue weighted by Gasteiger charge is 2.19. The van der Waals surface area contributed by atoms with Crippen LogP contribution >= 0.6 is 34.0 Å². The lowest BCUT2D eigenvalue weighted by molar-refractivity contribution is 0.112. The third-order valence-corrected chi connectivity index (χ3v) is 10.4. The van der Waals surface area contributed by atoms with Crippen molar-refractivity contribution in [3.63, 3.8) is 0 Å². The first kappa shape index (κ1) is 14.9. The van der Waals surface area contributed by atoms with Crippen molar-refractivity contribution in [1.82, 2.24) is 0 Å². The minimum atomic E-state index is -1.22. The van der Waals surface area contributed by atoms with Gasteiger partial charge in [0, 0.05) is 19.5 Å². The van der Waals surface area contributed by atoms with Crippen LogP contribution in [-0.4, -0.2) is 14.4 Å². The Balaban J connectivity index is 1.91. The highest BCUT2D eigenvalue weighted by Crippen LogP contribution is 2.38. The van der Waals surface area contributed by atoms with Crippen molar-refractivity contribution in [3.05, 3.63) is 41.3 Å². The van der Waals surface area contributed by atoms with Crippen LogP contribution in [0.2, 0.25) is 19.6 Å². The maximum atomic E-state index is 10.8. The maximum Gasteiger partial charge on any atom is 0.160 e. The summed E-state index contributed by atoms with van der Waals surface area (Å²) < 4.78 is 1.55. The molecule has 1 nitrogen and oxygen atoms in total. The number of carbonyl (C=O) groups excluding carboxylic acids is 1. The predicted octanol–water partition coefficient (Wildman–Crippen LogP) is 5.56. The molecule has 3 rings (SSSR count). The third-order valence-electron chi connectivity index (χ3n) is 3.18. The van der Waals surface area contributed by atoms with Gasteiger partial charge in [0.25, 0.3) is 0 Å². The first-order valence-corrected chi connectivity index (χ1v) is 12.7. The summed E-state index contributed by atoms with van der Waals surface area (Å²) in [5.41, 5.74) is 0. The van der Waals surface area contributed by atoms with Gasteiger partial charge in [0.05, 0.1) is 13.0 Å². The Hall–Kier alpha value is -1.01. The first-order valence-electron chi connectivity index (χ1n) is 6.73. The van der Waals surface area contributed by atoms with E-state index in [0.29, 0.717) is 0 Å². The molecule has 0 saturated carbocycles. The highest BCUT2D eigenvalue weighted by molar-refractivity contribution is 7.31. The molecule has 0 aromatic carbocycles. The molecular formula is C16H16OS3Si. The number of carbonyl (C=O) groups is 1. The molecule has 0 fully saturated rings. The number of thiophene rings is 3. The summed E-state index contributed by atoms with van der Waals surface area (Å²) in [7, 11) is -1.22. The first-order chi connectivity index (χ1) is 9.97. The summed E-state index contributed by atoms with van der Waals surface area (Å²) >= 11 is 5.29. The van der Waals surface area contributed by atoms with Crippen molar-refractivity contribution in [2.75, 3.05) is 0 Å². The van der Waals surface area contributed by atoms with E-state index in [0.717, 1.165) is 11.2 Å². The molecule has 3 heterocycles. The molecule has 0 radical (unpaired) electrons. The van der Waals surface area contributed by atoms with E-state index in [1.165, 1.54) is 19.5 Å². The van der Waals surface area contributed by atoms with E-state index in [2.05, 4.69) is 43.9 Å². The molecule has 0 amide bonds. The van der Waals surface area contributed by atoms with Crippen LogP contribution in [0.4, 0.5) is 0 Å². The standard InChI is InChI=1S/C16H16OS3Si/c1-21(2,3)16-9-8-15(20-16)14-7-6-13(19-14)12-5-4-11(10-17)18-12/h4-10H,1-3H3. The molecule has 0 N–H and O–H groups in total. The lowest BCUT2D eigenvalue weighted by Crippen LogP contribution is -2.34. The summed E-state index contributed by atoms with van der Waals surface area (Å²) in [5, 5.41) is 0. The van der Waals surface area contributed by atoms with E-state index in [-0.39, 0.29) is 0 Å². The highest BCUT2D eigenvalue weighted by atomic mass is 32.1. The minimum Gasteiger partial charge on any atom is -0.297 e. The molecule has 0 unspecified atom stereocenters. The molecule has 3 aromatic rings. The fourth-order valence-corrected chi connectivity index (χ4v) is 6.93. The molecule has 5 heteroatoms.